The molecule has 1 aliphatic rings. The molecule has 1 aliphatic carbocycles. The highest BCUT2D eigenvalue weighted by molar-refractivity contribution is 5.91. The number of furan rings is 1. The summed E-state index contributed by atoms with van der Waals surface area (Å²) in [5, 5.41) is 2.90. The predicted octanol–water partition coefficient (Wildman–Crippen LogP) is 4.17. The smallest absolute Gasteiger partial charge is 0.244 e. The van der Waals surface area contributed by atoms with Gasteiger partial charge in [-0.2, -0.15) is 0 Å². The van der Waals surface area contributed by atoms with Crippen LogP contribution in [0.1, 0.15) is 42.8 Å². The summed E-state index contributed by atoms with van der Waals surface area (Å²) in [5.74, 6) is 3.83. The van der Waals surface area contributed by atoms with E-state index in [-0.39, 0.29) is 5.91 Å². The molecular weight excluding hydrogens is 314 g/mol. The minimum absolute atomic E-state index is 0.0903. The molecule has 25 heavy (non-hydrogen) atoms. The van der Waals surface area contributed by atoms with Crippen LogP contribution in [0.15, 0.2) is 46.9 Å². The number of aryl methyl sites for hydroxylation is 1. The van der Waals surface area contributed by atoms with Crippen LogP contribution in [0.5, 0.6) is 5.75 Å². The van der Waals surface area contributed by atoms with Gasteiger partial charge in [-0.25, -0.2) is 0 Å². The molecule has 1 amide bonds. The second-order valence-electron chi connectivity index (χ2n) is 6.64. The van der Waals surface area contributed by atoms with E-state index in [1.165, 1.54) is 18.1 Å². The molecule has 2 unspecified atom stereocenters. The third-order valence-electron chi connectivity index (χ3n) is 4.62. The van der Waals surface area contributed by atoms with Gasteiger partial charge >= 0.3 is 0 Å². The fraction of sp³-hybridized carbons (Fsp3) is 0.381. The van der Waals surface area contributed by atoms with Crippen LogP contribution in [-0.4, -0.2) is 19.6 Å². The van der Waals surface area contributed by atoms with Gasteiger partial charge in [0.15, 0.2) is 0 Å². The second-order valence-corrected chi connectivity index (χ2v) is 6.64. The van der Waals surface area contributed by atoms with E-state index in [4.69, 9.17) is 9.15 Å². The monoisotopic (exact) mass is 339 g/mol. The largest absolute Gasteiger partial charge is 0.497 e. The highest BCUT2D eigenvalue weighted by Gasteiger charge is 2.36. The van der Waals surface area contributed by atoms with Gasteiger partial charge in [-0.05, 0) is 61.1 Å². The zero-order valence-electron chi connectivity index (χ0n) is 14.8. The Balaban J connectivity index is 1.36. The molecule has 2 aromatic rings. The van der Waals surface area contributed by atoms with E-state index in [0.717, 1.165) is 36.0 Å². The molecule has 1 fully saturated rings. The van der Waals surface area contributed by atoms with Gasteiger partial charge in [-0.3, -0.25) is 4.79 Å². The summed E-state index contributed by atoms with van der Waals surface area (Å²) in [5.41, 5.74) is 1.24. The topological polar surface area (TPSA) is 51.5 Å². The number of carbonyl (C=O) groups excluding carboxylic acids is 1. The van der Waals surface area contributed by atoms with Crippen molar-refractivity contribution in [2.24, 2.45) is 5.92 Å². The number of rotatable bonds is 8. The van der Waals surface area contributed by atoms with E-state index in [9.17, 15) is 4.79 Å². The van der Waals surface area contributed by atoms with Gasteiger partial charge in [0.1, 0.15) is 17.3 Å². The maximum atomic E-state index is 11.9. The molecule has 1 aromatic heterocycles. The Bertz CT molecular complexity index is 730. The minimum Gasteiger partial charge on any atom is -0.497 e. The summed E-state index contributed by atoms with van der Waals surface area (Å²) < 4.78 is 10.9. The van der Waals surface area contributed by atoms with E-state index in [1.807, 2.05) is 24.3 Å². The maximum absolute atomic E-state index is 11.9. The molecule has 1 heterocycles. The third kappa shape index (κ3) is 4.99. The Hall–Kier alpha value is -2.49. The summed E-state index contributed by atoms with van der Waals surface area (Å²) in [7, 11) is 1.66. The summed E-state index contributed by atoms with van der Waals surface area (Å²) in [6.45, 7) is 2.88. The maximum Gasteiger partial charge on any atom is 0.244 e. The minimum atomic E-state index is -0.0903. The molecular formula is C21H25NO3. The number of hydrogen-bond donors (Lipinski definition) is 1. The highest BCUT2D eigenvalue weighted by atomic mass is 16.5. The number of amides is 1. The van der Waals surface area contributed by atoms with Gasteiger partial charge in [-0.15, -0.1) is 0 Å². The lowest BCUT2D eigenvalue weighted by Gasteiger charge is -2.04. The molecule has 1 N–H and O–H groups in total. The van der Waals surface area contributed by atoms with Crippen molar-refractivity contribution in [2.75, 3.05) is 13.7 Å². The third-order valence-corrected chi connectivity index (χ3v) is 4.62. The number of hydrogen-bond acceptors (Lipinski definition) is 3. The number of nitrogens with one attached hydrogen (secondary N) is 1. The van der Waals surface area contributed by atoms with Crippen LogP contribution >= 0.6 is 0 Å². The van der Waals surface area contributed by atoms with Crippen LogP contribution in [0, 0.1) is 5.92 Å². The molecule has 0 saturated heterocycles. The molecule has 0 aliphatic heterocycles. The Morgan fingerprint density at radius 1 is 1.28 bits per heavy atom. The van der Waals surface area contributed by atoms with Crippen LogP contribution in [0.3, 0.4) is 0 Å². The molecule has 0 spiro atoms. The Morgan fingerprint density at radius 3 is 2.72 bits per heavy atom. The van der Waals surface area contributed by atoms with Gasteiger partial charge in [0.05, 0.1) is 7.11 Å². The lowest BCUT2D eigenvalue weighted by atomic mass is 10.1. The number of carbonyl (C=O) groups is 1. The van der Waals surface area contributed by atoms with Crippen molar-refractivity contribution in [3.8, 4) is 5.75 Å². The van der Waals surface area contributed by atoms with Gasteiger partial charge in [0.25, 0.3) is 0 Å². The zero-order valence-corrected chi connectivity index (χ0v) is 14.8. The molecule has 3 rings (SSSR count). The average Bonchev–Trinajstić information content (AvgIpc) is 3.18. The molecule has 4 heteroatoms. The molecule has 2 atom stereocenters. The summed E-state index contributed by atoms with van der Waals surface area (Å²) in [6, 6.07) is 12.0. The number of benzene rings is 1. The number of ether oxygens (including phenoxy) is 1. The van der Waals surface area contributed by atoms with Crippen molar-refractivity contribution < 1.29 is 13.9 Å². The van der Waals surface area contributed by atoms with E-state index < -0.39 is 0 Å². The van der Waals surface area contributed by atoms with Crippen LogP contribution in [0.25, 0.3) is 6.08 Å². The summed E-state index contributed by atoms with van der Waals surface area (Å²) in [6.07, 6.45) is 6.29. The molecule has 0 radical (unpaired) electrons. The number of methoxy groups -OCH3 is 1. The standard InChI is InChI=1S/C21H25NO3/c1-15-14-19(15)20-11-9-18(25-20)10-12-21(23)22-13-3-4-16-5-7-17(24-2)8-6-16/h5-12,15,19H,3-4,13-14H2,1-2H3,(H,22,23)/b12-10+. The normalized spacial score (nSPS) is 19.1. The van der Waals surface area contributed by atoms with Crippen molar-refractivity contribution in [2.45, 2.75) is 32.1 Å². The fourth-order valence-electron chi connectivity index (χ4n) is 2.89. The summed E-state index contributed by atoms with van der Waals surface area (Å²) in [4.78, 5) is 11.9. The van der Waals surface area contributed by atoms with Crippen LogP contribution in [0.4, 0.5) is 0 Å². The Kier molecular flexibility index (Phi) is 5.59. The van der Waals surface area contributed by atoms with Gasteiger partial charge in [0, 0.05) is 18.5 Å². The van der Waals surface area contributed by atoms with Crippen LogP contribution in [-0.2, 0) is 11.2 Å². The molecule has 132 valence electrons. The first-order valence-electron chi connectivity index (χ1n) is 8.84. The van der Waals surface area contributed by atoms with Crippen molar-refractivity contribution in [1.82, 2.24) is 5.32 Å². The fourth-order valence-corrected chi connectivity index (χ4v) is 2.89. The van der Waals surface area contributed by atoms with E-state index >= 15 is 0 Å². The lowest BCUT2D eigenvalue weighted by molar-refractivity contribution is -0.116. The SMILES string of the molecule is COc1ccc(CCCNC(=O)/C=C/c2ccc(C3CC3C)o2)cc1. The van der Waals surface area contributed by atoms with E-state index in [1.54, 1.807) is 13.2 Å². The molecule has 4 nitrogen and oxygen atoms in total. The van der Waals surface area contributed by atoms with Crippen molar-refractivity contribution in [3.63, 3.8) is 0 Å². The Labute approximate surface area is 148 Å². The average molecular weight is 339 g/mol. The van der Waals surface area contributed by atoms with Crippen molar-refractivity contribution >= 4 is 12.0 Å². The molecule has 1 saturated carbocycles. The Morgan fingerprint density at radius 2 is 2.04 bits per heavy atom. The highest BCUT2D eigenvalue weighted by Crippen LogP contribution is 2.47. The van der Waals surface area contributed by atoms with Gasteiger partial charge in [0.2, 0.25) is 5.91 Å². The first kappa shape index (κ1) is 17.3. The predicted molar refractivity (Wildman–Crippen MR) is 98.6 cm³/mol. The van der Waals surface area contributed by atoms with Crippen molar-refractivity contribution in [1.29, 1.82) is 0 Å². The van der Waals surface area contributed by atoms with E-state index in [0.29, 0.717) is 12.5 Å². The van der Waals surface area contributed by atoms with Gasteiger partial charge in [-0.1, -0.05) is 19.1 Å². The van der Waals surface area contributed by atoms with E-state index in [2.05, 4.69) is 24.4 Å². The quantitative estimate of drug-likeness (QED) is 0.580. The van der Waals surface area contributed by atoms with Crippen molar-refractivity contribution in [3.05, 3.63) is 59.6 Å². The molecule has 1 aromatic carbocycles. The van der Waals surface area contributed by atoms with Gasteiger partial charge < -0.3 is 14.5 Å². The zero-order chi connectivity index (χ0) is 17.6. The first-order valence-corrected chi connectivity index (χ1v) is 8.84. The summed E-state index contributed by atoms with van der Waals surface area (Å²) >= 11 is 0. The molecule has 0 bridgehead atoms. The van der Waals surface area contributed by atoms with Crippen LogP contribution in [0.2, 0.25) is 0 Å². The first-order chi connectivity index (χ1) is 12.2. The second kappa shape index (κ2) is 8.06. The van der Waals surface area contributed by atoms with Crippen LogP contribution < -0.4 is 10.1 Å². The lowest BCUT2D eigenvalue weighted by Crippen LogP contribution is -2.22.